The van der Waals surface area contributed by atoms with E-state index in [2.05, 4.69) is 48.1 Å². The summed E-state index contributed by atoms with van der Waals surface area (Å²) in [5.74, 6) is 2.99. The summed E-state index contributed by atoms with van der Waals surface area (Å²) >= 11 is 0. The van der Waals surface area contributed by atoms with Crippen LogP contribution in [0, 0.1) is 56.7 Å². The number of fused-ring (bicyclic) bond motifs is 7. The third kappa shape index (κ3) is 3.09. The Morgan fingerprint density at radius 2 is 1.51 bits per heavy atom. The molecular weight excluding hydrogens is 432 g/mol. The van der Waals surface area contributed by atoms with Gasteiger partial charge >= 0.3 is 5.97 Å². The molecule has 0 unspecified atom stereocenters. The van der Waals surface area contributed by atoms with Crippen LogP contribution in [-0.4, -0.2) is 26.3 Å². The minimum Gasteiger partial charge on any atom is -0.469 e. The molecule has 35 heavy (non-hydrogen) atoms. The molecule has 0 heterocycles. The molecule has 3 heteroatoms. The molecule has 0 bridgehead atoms. The van der Waals surface area contributed by atoms with E-state index in [1.54, 1.807) is 7.11 Å². The molecular formula is C32H52O3. The molecule has 0 aliphatic heterocycles. The topological polar surface area (TPSA) is 35.5 Å². The lowest BCUT2D eigenvalue weighted by Crippen LogP contribution is -2.67. The molecule has 5 rings (SSSR count). The molecule has 3 nitrogen and oxygen atoms in total. The number of carbonyl (C=O) groups is 1. The fourth-order valence-corrected chi connectivity index (χ4v) is 12.1. The molecule has 0 radical (unpaired) electrons. The van der Waals surface area contributed by atoms with Gasteiger partial charge in [-0.05, 0) is 122 Å². The first-order valence-electron chi connectivity index (χ1n) is 14.6. The molecule has 0 aromatic heterocycles. The van der Waals surface area contributed by atoms with E-state index in [9.17, 15) is 4.79 Å². The summed E-state index contributed by atoms with van der Waals surface area (Å²) in [6.07, 6.45) is 12.3. The quantitative estimate of drug-likeness (QED) is 0.302. The Labute approximate surface area is 215 Å². The number of carbonyl (C=O) groups excluding carboxylic acids is 1. The predicted molar refractivity (Wildman–Crippen MR) is 142 cm³/mol. The molecule has 198 valence electrons. The zero-order valence-corrected chi connectivity index (χ0v) is 24.0. The van der Waals surface area contributed by atoms with E-state index < -0.39 is 0 Å². The molecule has 5 aliphatic carbocycles. The van der Waals surface area contributed by atoms with E-state index in [-0.39, 0.29) is 22.2 Å². The Bertz CT molecular complexity index is 891. The van der Waals surface area contributed by atoms with Crippen LogP contribution >= 0.6 is 0 Å². The van der Waals surface area contributed by atoms with Crippen molar-refractivity contribution < 1.29 is 14.3 Å². The highest BCUT2D eigenvalue weighted by molar-refractivity contribution is 5.78. The number of hydrogen-bond acceptors (Lipinski definition) is 3. The predicted octanol–water partition coefficient (Wildman–Crippen LogP) is 7.83. The van der Waals surface area contributed by atoms with E-state index in [1.165, 1.54) is 50.5 Å². The third-order valence-electron chi connectivity index (χ3n) is 13.9. The number of allylic oxidation sites excluding steroid dienone is 1. The van der Waals surface area contributed by atoms with Crippen molar-refractivity contribution in [3.63, 3.8) is 0 Å². The van der Waals surface area contributed by atoms with E-state index >= 15 is 0 Å². The van der Waals surface area contributed by atoms with Gasteiger partial charge in [-0.1, -0.05) is 46.8 Å². The van der Waals surface area contributed by atoms with Crippen LogP contribution in [-0.2, 0) is 14.3 Å². The highest BCUT2D eigenvalue weighted by atomic mass is 16.5. The van der Waals surface area contributed by atoms with Crippen LogP contribution in [0.5, 0.6) is 0 Å². The van der Waals surface area contributed by atoms with Crippen LogP contribution in [0.3, 0.4) is 0 Å². The third-order valence-corrected chi connectivity index (χ3v) is 13.9. The second-order valence-corrected chi connectivity index (χ2v) is 14.9. The summed E-state index contributed by atoms with van der Waals surface area (Å²) in [6.45, 7) is 19.6. The Morgan fingerprint density at radius 1 is 0.800 bits per heavy atom. The van der Waals surface area contributed by atoms with Gasteiger partial charge in [-0.3, -0.25) is 4.79 Å². The molecule has 5 aliphatic rings. The van der Waals surface area contributed by atoms with Crippen molar-refractivity contribution in [2.24, 2.45) is 56.7 Å². The van der Waals surface area contributed by atoms with Gasteiger partial charge in [-0.15, -0.1) is 0 Å². The average Bonchev–Trinajstić information content (AvgIpc) is 3.20. The Kier molecular flexibility index (Phi) is 5.96. The maximum absolute atomic E-state index is 13.4. The smallest absolute Gasteiger partial charge is 0.312 e. The number of hydrogen-bond donors (Lipinski definition) is 0. The minimum absolute atomic E-state index is 0.0656. The van der Waals surface area contributed by atoms with E-state index in [0.717, 1.165) is 31.1 Å². The first-order valence-corrected chi connectivity index (χ1v) is 14.6. The standard InChI is InChI=1S/C32H52O3/c1-20(2)21-12-17-32(27(33)35-9)19-18-30(6)22(26(21)32)10-11-24-29(5)15-14-25(34-8)28(3,4)23(29)13-16-31(24,30)7/h21-26H,1,10-19H2,2-9H3/t21-,22+,23-,24+,25-,26+,29-,30+,31+,32-/m0/s1. The lowest BCUT2D eigenvalue weighted by molar-refractivity contribution is -0.250. The summed E-state index contributed by atoms with van der Waals surface area (Å²) in [5, 5.41) is 0. The number of ether oxygens (including phenoxy) is 2. The van der Waals surface area contributed by atoms with Crippen molar-refractivity contribution in [3.8, 4) is 0 Å². The first kappa shape index (κ1) is 25.8. The van der Waals surface area contributed by atoms with Gasteiger partial charge in [-0.2, -0.15) is 0 Å². The lowest BCUT2D eigenvalue weighted by Gasteiger charge is -2.72. The SMILES string of the molecule is C=C(C)[C@@H]1CC[C@]2(C(=O)OC)CC[C@]3(C)[C@H](CC[C@@H]4[C@@]5(C)CC[C@H](OC)C(C)(C)[C@@H]5CC[C@]43C)[C@@H]12. The van der Waals surface area contributed by atoms with Gasteiger partial charge in [-0.25, -0.2) is 0 Å². The highest BCUT2D eigenvalue weighted by Gasteiger charge is 2.72. The van der Waals surface area contributed by atoms with Crippen LogP contribution in [0.4, 0.5) is 0 Å². The summed E-state index contributed by atoms with van der Waals surface area (Å²) < 4.78 is 11.6. The monoisotopic (exact) mass is 484 g/mol. The van der Waals surface area contributed by atoms with Crippen molar-refractivity contribution in [1.82, 2.24) is 0 Å². The van der Waals surface area contributed by atoms with Crippen LogP contribution < -0.4 is 0 Å². The number of esters is 1. The number of rotatable bonds is 3. The van der Waals surface area contributed by atoms with Crippen LogP contribution in [0.1, 0.15) is 106 Å². The maximum Gasteiger partial charge on any atom is 0.312 e. The second-order valence-electron chi connectivity index (χ2n) is 14.9. The van der Waals surface area contributed by atoms with Crippen LogP contribution in [0.15, 0.2) is 12.2 Å². The molecule has 5 fully saturated rings. The van der Waals surface area contributed by atoms with E-state index in [4.69, 9.17) is 9.47 Å². The Balaban J connectivity index is 1.55. The fraction of sp³-hybridized carbons (Fsp3) is 0.906. The van der Waals surface area contributed by atoms with Crippen molar-refractivity contribution in [2.45, 2.75) is 112 Å². The van der Waals surface area contributed by atoms with Crippen molar-refractivity contribution >= 4 is 5.97 Å². The molecule has 0 aromatic carbocycles. The molecule has 0 amide bonds. The maximum atomic E-state index is 13.4. The molecule has 0 aromatic rings. The van der Waals surface area contributed by atoms with Gasteiger partial charge in [0.1, 0.15) is 0 Å². The first-order chi connectivity index (χ1) is 16.3. The largest absolute Gasteiger partial charge is 0.469 e. The highest BCUT2D eigenvalue weighted by Crippen LogP contribution is 2.77. The van der Waals surface area contributed by atoms with E-state index in [0.29, 0.717) is 34.7 Å². The lowest BCUT2D eigenvalue weighted by atomic mass is 9.32. The molecule has 5 saturated carbocycles. The normalized spacial score (nSPS) is 52.5. The number of methoxy groups -OCH3 is 2. The average molecular weight is 485 g/mol. The van der Waals surface area contributed by atoms with Gasteiger partial charge in [0.05, 0.1) is 18.6 Å². The molecule has 0 saturated heterocycles. The zero-order valence-electron chi connectivity index (χ0n) is 24.0. The summed E-state index contributed by atoms with van der Waals surface area (Å²) in [7, 11) is 3.53. The van der Waals surface area contributed by atoms with Gasteiger partial charge in [0, 0.05) is 7.11 Å². The van der Waals surface area contributed by atoms with E-state index in [1.807, 2.05) is 7.11 Å². The van der Waals surface area contributed by atoms with Crippen molar-refractivity contribution in [1.29, 1.82) is 0 Å². The van der Waals surface area contributed by atoms with Crippen molar-refractivity contribution in [2.75, 3.05) is 14.2 Å². The fourth-order valence-electron chi connectivity index (χ4n) is 12.1. The van der Waals surface area contributed by atoms with Crippen LogP contribution in [0.25, 0.3) is 0 Å². The molecule has 10 atom stereocenters. The zero-order chi connectivity index (χ0) is 25.6. The van der Waals surface area contributed by atoms with Gasteiger partial charge < -0.3 is 9.47 Å². The van der Waals surface area contributed by atoms with Crippen molar-refractivity contribution in [3.05, 3.63) is 12.2 Å². The van der Waals surface area contributed by atoms with Gasteiger partial charge in [0.15, 0.2) is 0 Å². The van der Waals surface area contributed by atoms with Gasteiger partial charge in [0.2, 0.25) is 0 Å². The minimum atomic E-state index is -0.286. The van der Waals surface area contributed by atoms with Crippen LogP contribution in [0.2, 0.25) is 0 Å². The Morgan fingerprint density at radius 3 is 2.14 bits per heavy atom. The summed E-state index contributed by atoms with van der Waals surface area (Å²) in [6, 6.07) is 0. The second kappa shape index (κ2) is 8.08. The van der Waals surface area contributed by atoms with Gasteiger partial charge in [0.25, 0.3) is 0 Å². The summed E-state index contributed by atoms with van der Waals surface area (Å²) in [5.41, 5.74) is 2.19. The molecule has 0 spiro atoms. The molecule has 0 N–H and O–H groups in total. The Hall–Kier alpha value is -0.830. The summed E-state index contributed by atoms with van der Waals surface area (Å²) in [4.78, 5) is 13.4.